The molecule has 1 N–H and O–H groups in total. The Morgan fingerprint density at radius 1 is 1.29 bits per heavy atom. The number of carboxylic acids is 1. The van der Waals surface area contributed by atoms with Crippen LogP contribution in [0.5, 0.6) is 5.75 Å². The maximum atomic E-state index is 10.6. The van der Waals surface area contributed by atoms with Gasteiger partial charge in [0.15, 0.2) is 0 Å². The Hall–Kier alpha value is -2.03. The van der Waals surface area contributed by atoms with Crippen molar-refractivity contribution >= 4 is 11.5 Å². The largest absolute Gasteiger partial charge is 0.497 e. The highest BCUT2D eigenvalue weighted by Gasteiger charge is 2.12. The van der Waals surface area contributed by atoms with Gasteiger partial charge in [0, 0.05) is 6.08 Å². The van der Waals surface area contributed by atoms with Gasteiger partial charge in [-0.3, -0.25) is 0 Å². The predicted molar refractivity (Wildman–Crippen MR) is 65.9 cm³/mol. The molecule has 88 valence electrons. The van der Waals surface area contributed by atoms with E-state index in [0.717, 1.165) is 29.7 Å². The number of benzene rings is 1. The molecule has 17 heavy (non-hydrogen) atoms. The summed E-state index contributed by atoms with van der Waals surface area (Å²) in [5, 5.41) is 8.68. The zero-order valence-electron chi connectivity index (χ0n) is 9.64. The first-order chi connectivity index (χ1) is 8.19. The van der Waals surface area contributed by atoms with Crippen molar-refractivity contribution in [2.75, 3.05) is 7.11 Å². The second-order valence-corrected chi connectivity index (χ2v) is 3.96. The van der Waals surface area contributed by atoms with E-state index >= 15 is 0 Å². The zero-order valence-corrected chi connectivity index (χ0v) is 9.64. The lowest BCUT2D eigenvalue weighted by atomic mass is 10.1. The standard InChI is InChI=1S/C14H14O3/c1-17-13-6-4-11(5-7-13)12-3-2-10(8-12)9-14(15)16/h4-9H,2-3H2,1H3,(H,15,16)/b10-9+. The van der Waals surface area contributed by atoms with E-state index in [2.05, 4.69) is 0 Å². The van der Waals surface area contributed by atoms with Crippen LogP contribution in [-0.2, 0) is 4.79 Å². The maximum absolute atomic E-state index is 10.6. The molecule has 0 unspecified atom stereocenters. The van der Waals surface area contributed by atoms with Gasteiger partial charge in [0.25, 0.3) is 0 Å². The lowest BCUT2D eigenvalue weighted by Gasteiger charge is -2.03. The molecule has 0 aliphatic heterocycles. The third-order valence-corrected chi connectivity index (χ3v) is 2.81. The number of ether oxygens (including phenoxy) is 1. The SMILES string of the molecule is COc1ccc(C2=C/C(=C/C(=O)O)CC2)cc1. The number of hydrogen-bond donors (Lipinski definition) is 1. The van der Waals surface area contributed by atoms with Crippen molar-refractivity contribution in [3.63, 3.8) is 0 Å². The average Bonchev–Trinajstić information content (AvgIpc) is 2.77. The second kappa shape index (κ2) is 4.87. The van der Waals surface area contributed by atoms with E-state index in [1.165, 1.54) is 11.6 Å². The summed E-state index contributed by atoms with van der Waals surface area (Å²) in [7, 11) is 1.64. The number of methoxy groups -OCH3 is 1. The van der Waals surface area contributed by atoms with Crippen molar-refractivity contribution in [3.8, 4) is 5.75 Å². The summed E-state index contributed by atoms with van der Waals surface area (Å²) in [5.74, 6) is -0.0547. The first-order valence-electron chi connectivity index (χ1n) is 5.47. The molecular formula is C14H14O3. The zero-order chi connectivity index (χ0) is 12.3. The monoisotopic (exact) mass is 230 g/mol. The first kappa shape index (κ1) is 11.5. The van der Waals surface area contributed by atoms with Crippen LogP contribution in [0.2, 0.25) is 0 Å². The summed E-state index contributed by atoms with van der Waals surface area (Å²) >= 11 is 0. The van der Waals surface area contributed by atoms with Crippen LogP contribution < -0.4 is 4.74 Å². The Labute approximate surface area is 100 Å². The van der Waals surface area contributed by atoms with E-state index in [9.17, 15) is 4.79 Å². The van der Waals surface area contributed by atoms with Gasteiger partial charge in [-0.15, -0.1) is 0 Å². The van der Waals surface area contributed by atoms with E-state index in [4.69, 9.17) is 9.84 Å². The molecule has 0 aromatic heterocycles. The van der Waals surface area contributed by atoms with E-state index in [0.29, 0.717) is 0 Å². The van der Waals surface area contributed by atoms with Gasteiger partial charge in [0.05, 0.1) is 7.11 Å². The molecule has 0 bridgehead atoms. The molecule has 1 aliphatic carbocycles. The number of hydrogen-bond acceptors (Lipinski definition) is 2. The summed E-state index contributed by atoms with van der Waals surface area (Å²) < 4.78 is 5.10. The Bertz CT molecular complexity index is 481. The molecule has 0 fully saturated rings. The molecule has 0 radical (unpaired) electrons. The third kappa shape index (κ3) is 2.75. The van der Waals surface area contributed by atoms with Crippen LogP contribution in [0.1, 0.15) is 18.4 Å². The fourth-order valence-electron chi connectivity index (χ4n) is 1.95. The van der Waals surface area contributed by atoms with Gasteiger partial charge in [0.1, 0.15) is 5.75 Å². The third-order valence-electron chi connectivity index (χ3n) is 2.81. The fourth-order valence-corrected chi connectivity index (χ4v) is 1.95. The van der Waals surface area contributed by atoms with E-state index in [1.54, 1.807) is 7.11 Å². The molecule has 0 heterocycles. The lowest BCUT2D eigenvalue weighted by molar-refractivity contribution is -0.131. The molecule has 0 amide bonds. The Morgan fingerprint density at radius 2 is 2.00 bits per heavy atom. The van der Waals surface area contributed by atoms with Crippen LogP contribution >= 0.6 is 0 Å². The van der Waals surface area contributed by atoms with Gasteiger partial charge in [-0.2, -0.15) is 0 Å². The second-order valence-electron chi connectivity index (χ2n) is 3.96. The maximum Gasteiger partial charge on any atom is 0.328 e. The van der Waals surface area contributed by atoms with Gasteiger partial charge in [-0.1, -0.05) is 18.2 Å². The van der Waals surface area contributed by atoms with Gasteiger partial charge in [-0.25, -0.2) is 4.79 Å². The van der Waals surface area contributed by atoms with Crippen LogP contribution in [0, 0.1) is 0 Å². The van der Waals surface area contributed by atoms with E-state index in [-0.39, 0.29) is 0 Å². The number of rotatable bonds is 3. The minimum atomic E-state index is -0.882. The van der Waals surface area contributed by atoms with Crippen molar-refractivity contribution < 1.29 is 14.6 Å². The first-order valence-corrected chi connectivity index (χ1v) is 5.47. The van der Waals surface area contributed by atoms with Gasteiger partial charge >= 0.3 is 5.97 Å². The molecular weight excluding hydrogens is 216 g/mol. The topological polar surface area (TPSA) is 46.5 Å². The molecule has 1 aromatic rings. The summed E-state index contributed by atoms with van der Waals surface area (Å²) in [5.41, 5.74) is 3.18. The van der Waals surface area contributed by atoms with E-state index < -0.39 is 5.97 Å². The quantitative estimate of drug-likeness (QED) is 0.812. The van der Waals surface area contributed by atoms with Crippen LogP contribution in [0.15, 0.2) is 42.0 Å². The Morgan fingerprint density at radius 3 is 2.59 bits per heavy atom. The fraction of sp³-hybridized carbons (Fsp3) is 0.214. The average molecular weight is 230 g/mol. The molecule has 3 nitrogen and oxygen atoms in total. The normalized spacial score (nSPS) is 17.0. The number of carboxylic acid groups (broad SMARTS) is 1. The molecule has 0 atom stereocenters. The number of carbonyl (C=O) groups is 1. The van der Waals surface area contributed by atoms with Gasteiger partial charge in [0.2, 0.25) is 0 Å². The van der Waals surface area contributed by atoms with Crippen LogP contribution in [-0.4, -0.2) is 18.2 Å². The summed E-state index contributed by atoms with van der Waals surface area (Å²) in [6.45, 7) is 0. The highest BCUT2D eigenvalue weighted by Crippen LogP contribution is 2.31. The van der Waals surface area contributed by atoms with Crippen LogP contribution in [0.25, 0.3) is 5.57 Å². The van der Waals surface area contributed by atoms with Gasteiger partial charge < -0.3 is 9.84 Å². The Balaban J connectivity index is 2.21. The molecule has 0 spiro atoms. The number of allylic oxidation sites excluding steroid dienone is 3. The van der Waals surface area contributed by atoms with Crippen molar-refractivity contribution in [2.45, 2.75) is 12.8 Å². The predicted octanol–water partition coefficient (Wildman–Crippen LogP) is 2.88. The molecule has 0 saturated heterocycles. The molecule has 1 aliphatic rings. The molecule has 1 aromatic carbocycles. The minimum Gasteiger partial charge on any atom is -0.497 e. The van der Waals surface area contributed by atoms with E-state index in [1.807, 2.05) is 30.3 Å². The smallest absolute Gasteiger partial charge is 0.328 e. The molecule has 3 heteroatoms. The minimum absolute atomic E-state index is 0.799. The van der Waals surface area contributed by atoms with Gasteiger partial charge in [-0.05, 0) is 41.7 Å². The van der Waals surface area contributed by atoms with Crippen molar-refractivity contribution in [1.29, 1.82) is 0 Å². The van der Waals surface area contributed by atoms with Crippen molar-refractivity contribution in [2.24, 2.45) is 0 Å². The van der Waals surface area contributed by atoms with Crippen LogP contribution in [0.4, 0.5) is 0 Å². The highest BCUT2D eigenvalue weighted by molar-refractivity contribution is 5.83. The summed E-state index contributed by atoms with van der Waals surface area (Å²) in [6, 6.07) is 7.81. The Kier molecular flexibility index (Phi) is 3.28. The summed E-state index contributed by atoms with van der Waals surface area (Å²) in [6.07, 6.45) is 4.92. The van der Waals surface area contributed by atoms with Crippen molar-refractivity contribution in [3.05, 3.63) is 47.6 Å². The highest BCUT2D eigenvalue weighted by atomic mass is 16.5. The van der Waals surface area contributed by atoms with Crippen molar-refractivity contribution in [1.82, 2.24) is 0 Å². The number of aliphatic carboxylic acids is 1. The summed E-state index contributed by atoms with van der Waals surface area (Å²) in [4.78, 5) is 10.6. The molecule has 2 rings (SSSR count). The lowest BCUT2D eigenvalue weighted by Crippen LogP contribution is -1.88. The van der Waals surface area contributed by atoms with Crippen LogP contribution in [0.3, 0.4) is 0 Å². The molecule has 0 saturated carbocycles.